The van der Waals surface area contributed by atoms with E-state index in [-0.39, 0.29) is 12.3 Å². The molecule has 2 unspecified atom stereocenters. The van der Waals surface area contributed by atoms with Gasteiger partial charge in [-0.15, -0.1) is 0 Å². The highest BCUT2D eigenvalue weighted by Crippen LogP contribution is 2.16. The number of quaternary nitrogens is 1. The Labute approximate surface area is 94.8 Å². The lowest BCUT2D eigenvalue weighted by Crippen LogP contribution is -3.22. The van der Waals surface area contributed by atoms with Crippen LogP contribution in [0.1, 0.15) is 32.1 Å². The Bertz CT molecular complexity index is 287. The van der Waals surface area contributed by atoms with Gasteiger partial charge in [0.1, 0.15) is 0 Å². The lowest BCUT2D eigenvalue weighted by molar-refractivity contribution is -0.941. The monoisotopic (exact) mass is 226 g/mol. The third-order valence-electron chi connectivity index (χ3n) is 3.73. The average molecular weight is 226 g/mol. The van der Waals surface area contributed by atoms with Crippen molar-refractivity contribution in [2.24, 2.45) is 0 Å². The molecular weight excluding hydrogens is 208 g/mol. The first kappa shape index (κ1) is 11.4. The summed E-state index contributed by atoms with van der Waals surface area (Å²) >= 11 is 0. The molecule has 0 bridgehead atoms. The van der Waals surface area contributed by atoms with Crippen LogP contribution in [0.15, 0.2) is 0 Å². The quantitative estimate of drug-likeness (QED) is 0.556. The van der Waals surface area contributed by atoms with E-state index >= 15 is 0 Å². The van der Waals surface area contributed by atoms with Crippen LogP contribution in [-0.2, 0) is 9.59 Å². The van der Waals surface area contributed by atoms with E-state index in [1.807, 2.05) is 0 Å². The third-order valence-corrected chi connectivity index (χ3v) is 3.73. The summed E-state index contributed by atoms with van der Waals surface area (Å²) < 4.78 is 0. The Morgan fingerprint density at radius 1 is 1.44 bits per heavy atom. The maximum atomic E-state index is 11.7. The molecule has 0 radical (unpaired) electrons. The van der Waals surface area contributed by atoms with Crippen molar-refractivity contribution >= 4 is 11.9 Å². The second-order valence-corrected chi connectivity index (χ2v) is 4.73. The number of rotatable bonds is 3. The van der Waals surface area contributed by atoms with E-state index < -0.39 is 12.0 Å². The molecule has 1 saturated carbocycles. The highest BCUT2D eigenvalue weighted by Gasteiger charge is 2.39. The number of carboxylic acid groups (broad SMARTS) is 1. The number of nitrogens with one attached hydrogen (secondary N) is 2. The van der Waals surface area contributed by atoms with Gasteiger partial charge in [-0.3, -0.25) is 4.79 Å². The van der Waals surface area contributed by atoms with Gasteiger partial charge in [0.25, 0.3) is 5.91 Å². The Morgan fingerprint density at radius 2 is 2.12 bits per heavy atom. The van der Waals surface area contributed by atoms with Gasteiger partial charge in [-0.1, -0.05) is 0 Å². The van der Waals surface area contributed by atoms with Crippen LogP contribution in [0.3, 0.4) is 0 Å². The smallest absolute Gasteiger partial charge is 0.278 e. The lowest BCUT2D eigenvalue weighted by Gasteiger charge is -2.36. The predicted molar refractivity (Wildman–Crippen MR) is 54.5 cm³/mol. The average Bonchev–Trinajstić information content (AvgIpc) is 2.73. The Kier molecular flexibility index (Phi) is 3.43. The van der Waals surface area contributed by atoms with Crippen molar-refractivity contribution in [3.8, 4) is 0 Å². The number of hydrogen-bond acceptors (Lipinski definition) is 3. The number of hydrogen-bond donors (Lipinski definition) is 2. The largest absolute Gasteiger partial charge is 0.550 e. The predicted octanol–water partition coefficient (Wildman–Crippen LogP) is -2.55. The van der Waals surface area contributed by atoms with Crippen molar-refractivity contribution in [3.63, 3.8) is 0 Å². The number of carbonyl (C=O) groups excluding carboxylic acids is 2. The molecule has 5 nitrogen and oxygen atoms in total. The SMILES string of the molecule is O=C([O-])CC1C(=O)NCC[NH+]1C1CCCC1. The van der Waals surface area contributed by atoms with Crippen molar-refractivity contribution in [1.29, 1.82) is 0 Å². The van der Waals surface area contributed by atoms with Gasteiger partial charge in [0, 0.05) is 12.4 Å². The van der Waals surface area contributed by atoms with E-state index in [1.54, 1.807) is 0 Å². The minimum Gasteiger partial charge on any atom is -0.550 e. The molecule has 1 aliphatic carbocycles. The molecule has 0 spiro atoms. The van der Waals surface area contributed by atoms with Gasteiger partial charge in [0.2, 0.25) is 0 Å². The summed E-state index contributed by atoms with van der Waals surface area (Å²) in [6, 6.07) is 0.0252. The molecule has 0 aromatic carbocycles. The van der Waals surface area contributed by atoms with Gasteiger partial charge in [0.15, 0.2) is 6.04 Å². The molecule has 2 N–H and O–H groups in total. The van der Waals surface area contributed by atoms with Crippen molar-refractivity contribution in [2.45, 2.75) is 44.2 Å². The first-order valence-electron chi connectivity index (χ1n) is 6.01. The molecule has 5 heteroatoms. The third kappa shape index (κ3) is 2.35. The highest BCUT2D eigenvalue weighted by molar-refractivity contribution is 5.84. The van der Waals surface area contributed by atoms with E-state index in [2.05, 4.69) is 5.32 Å². The molecular formula is C11H18N2O3. The Balaban J connectivity index is 2.06. The van der Waals surface area contributed by atoms with Gasteiger partial charge in [-0.25, -0.2) is 0 Å². The van der Waals surface area contributed by atoms with Crippen LogP contribution in [-0.4, -0.2) is 37.0 Å². The molecule has 16 heavy (non-hydrogen) atoms. The van der Waals surface area contributed by atoms with Gasteiger partial charge in [-0.2, -0.15) is 0 Å². The molecule has 2 aliphatic rings. The molecule has 1 aliphatic heterocycles. The summed E-state index contributed by atoms with van der Waals surface area (Å²) in [6.07, 6.45) is 4.48. The van der Waals surface area contributed by atoms with Crippen LogP contribution in [0, 0.1) is 0 Å². The van der Waals surface area contributed by atoms with Gasteiger partial charge in [-0.05, 0) is 25.7 Å². The van der Waals surface area contributed by atoms with Crippen LogP contribution >= 0.6 is 0 Å². The van der Waals surface area contributed by atoms with E-state index in [9.17, 15) is 14.7 Å². The first-order valence-corrected chi connectivity index (χ1v) is 6.01. The molecule has 0 aromatic rings. The summed E-state index contributed by atoms with van der Waals surface area (Å²) in [4.78, 5) is 23.5. The molecule has 1 saturated heterocycles. The molecule has 1 amide bonds. The second kappa shape index (κ2) is 4.82. The zero-order valence-corrected chi connectivity index (χ0v) is 9.33. The number of piperazine rings is 1. The Hall–Kier alpha value is -1.10. The van der Waals surface area contributed by atoms with E-state index in [0.717, 1.165) is 24.3 Å². The first-order chi connectivity index (χ1) is 7.68. The van der Waals surface area contributed by atoms with Crippen LogP contribution in [0.2, 0.25) is 0 Å². The minimum atomic E-state index is -1.13. The van der Waals surface area contributed by atoms with E-state index in [4.69, 9.17) is 0 Å². The highest BCUT2D eigenvalue weighted by atomic mass is 16.4. The molecule has 2 fully saturated rings. The zero-order valence-electron chi connectivity index (χ0n) is 9.33. The summed E-state index contributed by atoms with van der Waals surface area (Å²) in [5.41, 5.74) is 0. The fourth-order valence-electron chi connectivity index (χ4n) is 2.97. The fraction of sp³-hybridized carbons (Fsp3) is 0.818. The molecule has 90 valence electrons. The van der Waals surface area contributed by atoms with Gasteiger partial charge < -0.3 is 20.1 Å². The van der Waals surface area contributed by atoms with Crippen molar-refractivity contribution in [1.82, 2.24) is 5.32 Å². The van der Waals surface area contributed by atoms with Crippen LogP contribution < -0.4 is 15.3 Å². The number of carboxylic acids is 1. The summed E-state index contributed by atoms with van der Waals surface area (Å²) in [7, 11) is 0. The van der Waals surface area contributed by atoms with Crippen molar-refractivity contribution < 1.29 is 19.6 Å². The van der Waals surface area contributed by atoms with Gasteiger partial charge >= 0.3 is 0 Å². The van der Waals surface area contributed by atoms with Crippen molar-refractivity contribution in [3.05, 3.63) is 0 Å². The summed E-state index contributed by atoms with van der Waals surface area (Å²) in [6.45, 7) is 1.50. The zero-order chi connectivity index (χ0) is 11.5. The van der Waals surface area contributed by atoms with Crippen LogP contribution in [0.25, 0.3) is 0 Å². The van der Waals surface area contributed by atoms with E-state index in [0.29, 0.717) is 12.6 Å². The van der Waals surface area contributed by atoms with E-state index in [1.165, 1.54) is 12.8 Å². The number of aliphatic carboxylic acids is 1. The number of carbonyl (C=O) groups is 2. The standard InChI is InChI=1S/C11H18N2O3/c14-10(15)7-9-11(16)12-5-6-13(9)8-3-1-2-4-8/h8-9H,1-7H2,(H,12,16)(H,14,15). The number of amides is 1. The topological polar surface area (TPSA) is 73.7 Å². The summed E-state index contributed by atoms with van der Waals surface area (Å²) in [5, 5.41) is 13.4. The van der Waals surface area contributed by atoms with Gasteiger partial charge in [0.05, 0.1) is 19.1 Å². The van der Waals surface area contributed by atoms with Crippen LogP contribution in [0.5, 0.6) is 0 Å². The lowest BCUT2D eigenvalue weighted by atomic mass is 10.0. The Morgan fingerprint density at radius 3 is 2.75 bits per heavy atom. The fourth-order valence-corrected chi connectivity index (χ4v) is 2.97. The maximum Gasteiger partial charge on any atom is 0.278 e. The molecule has 2 atom stereocenters. The molecule has 1 heterocycles. The van der Waals surface area contributed by atoms with Crippen LogP contribution in [0.4, 0.5) is 0 Å². The maximum absolute atomic E-state index is 11.7. The molecule has 2 rings (SSSR count). The van der Waals surface area contributed by atoms with Crippen molar-refractivity contribution in [2.75, 3.05) is 13.1 Å². The second-order valence-electron chi connectivity index (χ2n) is 4.73. The summed E-state index contributed by atoms with van der Waals surface area (Å²) in [5.74, 6) is -1.25. The molecule has 0 aromatic heterocycles. The normalized spacial score (nSPS) is 31.4. The minimum absolute atomic E-state index is 0.127.